The maximum Gasteiger partial charge on any atom is 0.146 e. The minimum atomic E-state index is 0. The zero-order valence-corrected chi connectivity index (χ0v) is 9.31. The summed E-state index contributed by atoms with van der Waals surface area (Å²) >= 11 is 0. The van der Waals surface area contributed by atoms with Gasteiger partial charge in [0.2, 0.25) is 0 Å². The number of carbonyl (C=O) groups is 1. The molecule has 0 radical (unpaired) electrons. The summed E-state index contributed by atoms with van der Waals surface area (Å²) < 4.78 is 0. The first kappa shape index (κ1) is 12.0. The van der Waals surface area contributed by atoms with E-state index in [-0.39, 0.29) is 12.4 Å². The van der Waals surface area contributed by atoms with E-state index in [2.05, 4.69) is 10.2 Å². The van der Waals surface area contributed by atoms with Crippen molar-refractivity contribution in [1.82, 2.24) is 10.2 Å². The van der Waals surface area contributed by atoms with Crippen molar-refractivity contribution in [3.05, 3.63) is 0 Å². The van der Waals surface area contributed by atoms with Gasteiger partial charge >= 0.3 is 0 Å². The monoisotopic (exact) mass is 218 g/mol. The summed E-state index contributed by atoms with van der Waals surface area (Å²) in [5.41, 5.74) is 0. The third kappa shape index (κ3) is 2.94. The molecule has 0 unspecified atom stereocenters. The maximum absolute atomic E-state index is 11.3. The van der Waals surface area contributed by atoms with Gasteiger partial charge in [-0.2, -0.15) is 0 Å². The number of likely N-dealkylation sites (tertiary alicyclic amines) is 1. The molecular formula is C10H19ClN2O. The molecule has 1 N–H and O–H groups in total. The van der Waals surface area contributed by atoms with E-state index in [9.17, 15) is 4.79 Å². The highest BCUT2D eigenvalue weighted by atomic mass is 35.5. The van der Waals surface area contributed by atoms with E-state index in [4.69, 9.17) is 0 Å². The molecule has 0 bridgehead atoms. The Morgan fingerprint density at radius 3 is 2.64 bits per heavy atom. The zero-order chi connectivity index (χ0) is 9.10. The van der Waals surface area contributed by atoms with E-state index in [0.717, 1.165) is 32.5 Å². The van der Waals surface area contributed by atoms with Crippen molar-refractivity contribution < 1.29 is 4.79 Å². The highest BCUT2D eigenvalue weighted by Crippen LogP contribution is 2.16. The number of hydrogen-bond donors (Lipinski definition) is 1. The smallest absolute Gasteiger partial charge is 0.146 e. The fourth-order valence-corrected chi connectivity index (χ4v) is 2.35. The Morgan fingerprint density at radius 2 is 2.00 bits per heavy atom. The third-order valence-electron chi connectivity index (χ3n) is 3.11. The topological polar surface area (TPSA) is 32.3 Å². The molecule has 82 valence electrons. The lowest BCUT2D eigenvalue weighted by atomic mass is 10.0. The molecule has 0 aromatic rings. The molecule has 0 aliphatic carbocycles. The molecule has 2 fully saturated rings. The van der Waals surface area contributed by atoms with Crippen LogP contribution in [0.1, 0.15) is 25.7 Å². The largest absolute Gasteiger partial charge is 0.317 e. The average Bonchev–Trinajstić information content (AvgIpc) is 2.19. The van der Waals surface area contributed by atoms with Crippen molar-refractivity contribution in [3.63, 3.8) is 0 Å². The van der Waals surface area contributed by atoms with Crippen molar-refractivity contribution in [1.29, 1.82) is 0 Å². The summed E-state index contributed by atoms with van der Waals surface area (Å²) in [4.78, 5) is 13.6. The molecule has 3 nitrogen and oxygen atoms in total. The van der Waals surface area contributed by atoms with Crippen LogP contribution in [0.2, 0.25) is 0 Å². The normalized spacial score (nSPS) is 25.9. The van der Waals surface area contributed by atoms with Gasteiger partial charge in [0.1, 0.15) is 5.78 Å². The number of hydrogen-bond acceptors (Lipinski definition) is 3. The van der Waals surface area contributed by atoms with Gasteiger partial charge in [-0.1, -0.05) is 0 Å². The first-order valence-electron chi connectivity index (χ1n) is 5.33. The van der Waals surface area contributed by atoms with Gasteiger partial charge in [-0.25, -0.2) is 0 Å². The van der Waals surface area contributed by atoms with Crippen molar-refractivity contribution in [2.45, 2.75) is 31.7 Å². The van der Waals surface area contributed by atoms with Crippen LogP contribution in [0.5, 0.6) is 0 Å². The second kappa shape index (κ2) is 5.69. The standard InChI is InChI=1S/C10H18N2O.ClH/c13-10-2-1-7-12(8-10)9-3-5-11-6-4-9;/h9,11H,1-8H2;1H. The van der Waals surface area contributed by atoms with E-state index in [1.807, 2.05) is 0 Å². The van der Waals surface area contributed by atoms with Crippen molar-refractivity contribution in [3.8, 4) is 0 Å². The fourth-order valence-electron chi connectivity index (χ4n) is 2.35. The second-order valence-corrected chi connectivity index (χ2v) is 4.09. The van der Waals surface area contributed by atoms with Crippen molar-refractivity contribution >= 4 is 18.2 Å². The Labute approximate surface area is 91.6 Å². The Balaban J connectivity index is 0.000000980. The number of halogens is 1. The molecule has 0 aromatic heterocycles. The van der Waals surface area contributed by atoms with E-state index in [1.54, 1.807) is 0 Å². The Kier molecular flexibility index (Phi) is 4.85. The lowest BCUT2D eigenvalue weighted by molar-refractivity contribution is -0.123. The molecule has 0 aromatic carbocycles. The minimum absolute atomic E-state index is 0. The summed E-state index contributed by atoms with van der Waals surface area (Å²) in [6, 6.07) is 0.672. The predicted molar refractivity (Wildman–Crippen MR) is 59.0 cm³/mol. The number of piperidine rings is 2. The first-order valence-corrected chi connectivity index (χ1v) is 5.33. The number of nitrogens with zero attached hydrogens (tertiary/aromatic N) is 1. The predicted octanol–water partition coefficient (Wildman–Crippen LogP) is 0.825. The molecular weight excluding hydrogens is 200 g/mol. The highest BCUT2D eigenvalue weighted by molar-refractivity contribution is 5.85. The van der Waals surface area contributed by atoms with Crippen LogP contribution in [-0.2, 0) is 4.79 Å². The fraction of sp³-hybridized carbons (Fsp3) is 0.900. The first-order chi connectivity index (χ1) is 6.36. The molecule has 0 amide bonds. The lowest BCUT2D eigenvalue weighted by Gasteiger charge is -2.36. The van der Waals surface area contributed by atoms with Crippen LogP contribution in [0.15, 0.2) is 0 Å². The molecule has 4 heteroatoms. The summed E-state index contributed by atoms with van der Waals surface area (Å²) in [6.07, 6.45) is 4.31. The Hall–Kier alpha value is -0.120. The Morgan fingerprint density at radius 1 is 1.29 bits per heavy atom. The lowest BCUT2D eigenvalue weighted by Crippen LogP contribution is -2.47. The summed E-state index contributed by atoms with van der Waals surface area (Å²) in [6.45, 7) is 4.09. The van der Waals surface area contributed by atoms with Gasteiger partial charge in [0, 0.05) is 12.5 Å². The molecule has 2 aliphatic heterocycles. The van der Waals surface area contributed by atoms with E-state index < -0.39 is 0 Å². The molecule has 0 atom stereocenters. The van der Waals surface area contributed by atoms with Crippen LogP contribution >= 0.6 is 12.4 Å². The summed E-state index contributed by atoms with van der Waals surface area (Å²) in [5.74, 6) is 0.435. The average molecular weight is 219 g/mol. The molecule has 0 saturated carbocycles. The SMILES string of the molecule is Cl.O=C1CCCN(C2CCNCC2)C1. The molecule has 2 aliphatic rings. The van der Waals surface area contributed by atoms with Gasteiger partial charge < -0.3 is 5.32 Å². The van der Waals surface area contributed by atoms with Gasteiger partial charge in [-0.05, 0) is 38.9 Å². The van der Waals surface area contributed by atoms with Crippen LogP contribution in [0.3, 0.4) is 0 Å². The maximum atomic E-state index is 11.3. The number of nitrogens with one attached hydrogen (secondary N) is 1. The zero-order valence-electron chi connectivity index (χ0n) is 8.50. The molecule has 0 spiro atoms. The van der Waals surface area contributed by atoms with Crippen LogP contribution in [0.4, 0.5) is 0 Å². The number of Topliss-reactive ketones (excluding diaryl/α,β-unsaturated/α-hetero) is 1. The third-order valence-corrected chi connectivity index (χ3v) is 3.11. The number of rotatable bonds is 1. The molecule has 2 saturated heterocycles. The van der Waals surface area contributed by atoms with Gasteiger partial charge in [-0.15, -0.1) is 12.4 Å². The summed E-state index contributed by atoms with van der Waals surface area (Å²) in [5, 5.41) is 3.35. The molecule has 14 heavy (non-hydrogen) atoms. The number of carbonyl (C=O) groups excluding carboxylic acids is 1. The molecule has 2 rings (SSSR count). The minimum Gasteiger partial charge on any atom is -0.317 e. The van der Waals surface area contributed by atoms with Crippen molar-refractivity contribution in [2.75, 3.05) is 26.2 Å². The Bertz CT molecular complexity index is 193. The van der Waals surface area contributed by atoms with E-state index >= 15 is 0 Å². The molecule has 2 heterocycles. The van der Waals surface area contributed by atoms with Crippen molar-refractivity contribution in [2.24, 2.45) is 0 Å². The quantitative estimate of drug-likeness (QED) is 0.708. The van der Waals surface area contributed by atoms with Gasteiger partial charge in [0.05, 0.1) is 6.54 Å². The van der Waals surface area contributed by atoms with Gasteiger partial charge in [0.25, 0.3) is 0 Å². The van der Waals surface area contributed by atoms with E-state index in [0.29, 0.717) is 18.4 Å². The van der Waals surface area contributed by atoms with Gasteiger partial charge in [0.15, 0.2) is 0 Å². The highest BCUT2D eigenvalue weighted by Gasteiger charge is 2.25. The van der Waals surface area contributed by atoms with Crippen LogP contribution in [0.25, 0.3) is 0 Å². The summed E-state index contributed by atoms with van der Waals surface area (Å²) in [7, 11) is 0. The van der Waals surface area contributed by atoms with Crippen LogP contribution in [0, 0.1) is 0 Å². The van der Waals surface area contributed by atoms with E-state index in [1.165, 1.54) is 12.8 Å². The van der Waals surface area contributed by atoms with Gasteiger partial charge in [-0.3, -0.25) is 9.69 Å². The van der Waals surface area contributed by atoms with Crippen LogP contribution < -0.4 is 5.32 Å². The van der Waals surface area contributed by atoms with Crippen LogP contribution in [-0.4, -0.2) is 42.9 Å². The second-order valence-electron chi connectivity index (χ2n) is 4.09. The number of ketones is 1.